The molecule has 0 bridgehead atoms. The van der Waals surface area contributed by atoms with Crippen molar-refractivity contribution in [3.63, 3.8) is 0 Å². The number of aromatic amines is 1. The molecule has 9 nitrogen and oxygen atoms in total. The van der Waals surface area contributed by atoms with Crippen LogP contribution in [0.5, 0.6) is 0 Å². The standard InChI is InChI=1S/C27H41N5O4S/c1-3-32(4-2)37(35,36)22-9-10-25-23(19-22)26(33)24(20-29-25)27(34)28-13-8-14-30-17-11-21(12-18-30)31-15-6-5-7-16-31/h9-10,19-21H,3-8,11-18H2,1-2H3,(H,28,34)(H,29,33). The molecule has 10 heteroatoms. The fraction of sp³-hybridized carbons (Fsp3) is 0.630. The number of carbonyl (C=O) groups excluding carboxylic acids is 1. The van der Waals surface area contributed by atoms with Gasteiger partial charge in [-0.2, -0.15) is 4.31 Å². The summed E-state index contributed by atoms with van der Waals surface area (Å²) in [5.74, 6) is -0.441. The molecule has 0 aliphatic carbocycles. The molecule has 4 rings (SSSR count). The van der Waals surface area contributed by atoms with Gasteiger partial charge in [-0.15, -0.1) is 0 Å². The molecular weight excluding hydrogens is 490 g/mol. The predicted octanol–water partition coefficient (Wildman–Crippen LogP) is 2.63. The van der Waals surface area contributed by atoms with Crippen molar-refractivity contribution in [2.75, 3.05) is 52.4 Å². The van der Waals surface area contributed by atoms with Crippen LogP contribution in [-0.4, -0.2) is 91.8 Å². The van der Waals surface area contributed by atoms with Crippen LogP contribution in [0, 0.1) is 0 Å². The minimum Gasteiger partial charge on any atom is -0.360 e. The summed E-state index contributed by atoms with van der Waals surface area (Å²) in [6.45, 7) is 10.3. The molecular formula is C27H41N5O4S. The summed E-state index contributed by atoms with van der Waals surface area (Å²) in [5.41, 5.74) is 0.0165. The number of amides is 1. The van der Waals surface area contributed by atoms with Gasteiger partial charge in [-0.1, -0.05) is 20.3 Å². The van der Waals surface area contributed by atoms with Crippen LogP contribution in [0.25, 0.3) is 10.9 Å². The Morgan fingerprint density at radius 3 is 2.46 bits per heavy atom. The summed E-state index contributed by atoms with van der Waals surface area (Å²) in [7, 11) is -3.71. The molecule has 1 aromatic heterocycles. The van der Waals surface area contributed by atoms with Gasteiger partial charge in [0.25, 0.3) is 5.91 Å². The summed E-state index contributed by atoms with van der Waals surface area (Å²) in [5, 5.41) is 3.06. The van der Waals surface area contributed by atoms with E-state index in [4.69, 9.17) is 0 Å². The van der Waals surface area contributed by atoms with E-state index >= 15 is 0 Å². The molecule has 2 fully saturated rings. The van der Waals surface area contributed by atoms with E-state index in [0.29, 0.717) is 25.2 Å². The fourth-order valence-corrected chi connectivity index (χ4v) is 7.12. The zero-order valence-corrected chi connectivity index (χ0v) is 23.0. The molecule has 1 aromatic carbocycles. The first-order valence-electron chi connectivity index (χ1n) is 13.7. The molecule has 204 valence electrons. The van der Waals surface area contributed by atoms with Crippen molar-refractivity contribution in [3.05, 3.63) is 40.2 Å². The Bertz CT molecular complexity index is 1230. The Kier molecular flexibility index (Phi) is 9.39. The van der Waals surface area contributed by atoms with Crippen molar-refractivity contribution in [2.45, 2.75) is 63.3 Å². The van der Waals surface area contributed by atoms with Crippen molar-refractivity contribution in [1.82, 2.24) is 24.4 Å². The number of fused-ring (bicyclic) bond motifs is 1. The maximum atomic E-state index is 13.1. The number of hydrogen-bond acceptors (Lipinski definition) is 6. The van der Waals surface area contributed by atoms with Crippen molar-refractivity contribution in [1.29, 1.82) is 0 Å². The Labute approximate surface area is 220 Å². The molecule has 2 aliphatic rings. The van der Waals surface area contributed by atoms with Gasteiger partial charge >= 0.3 is 0 Å². The summed E-state index contributed by atoms with van der Waals surface area (Å²) in [4.78, 5) is 34.0. The zero-order chi connectivity index (χ0) is 26.4. The average molecular weight is 532 g/mol. The highest BCUT2D eigenvalue weighted by molar-refractivity contribution is 7.89. The van der Waals surface area contributed by atoms with E-state index in [1.807, 2.05) is 0 Å². The van der Waals surface area contributed by atoms with Crippen LogP contribution >= 0.6 is 0 Å². The first-order valence-corrected chi connectivity index (χ1v) is 15.2. The van der Waals surface area contributed by atoms with Gasteiger partial charge < -0.3 is 20.1 Å². The van der Waals surface area contributed by atoms with Crippen LogP contribution in [0.15, 0.2) is 34.1 Å². The van der Waals surface area contributed by atoms with Crippen LogP contribution in [0.2, 0.25) is 0 Å². The van der Waals surface area contributed by atoms with E-state index in [1.165, 1.54) is 67.8 Å². The molecule has 0 spiro atoms. The van der Waals surface area contributed by atoms with Gasteiger partial charge in [-0.25, -0.2) is 8.42 Å². The highest BCUT2D eigenvalue weighted by Crippen LogP contribution is 2.21. The summed E-state index contributed by atoms with van der Waals surface area (Å²) >= 11 is 0. The molecule has 2 saturated heterocycles. The van der Waals surface area contributed by atoms with Crippen LogP contribution in [-0.2, 0) is 10.0 Å². The number of nitrogens with zero attached hydrogens (tertiary/aromatic N) is 3. The molecule has 2 aliphatic heterocycles. The van der Waals surface area contributed by atoms with Crippen molar-refractivity contribution in [2.24, 2.45) is 0 Å². The number of H-pyrrole nitrogens is 1. The molecule has 0 atom stereocenters. The third-order valence-corrected chi connectivity index (χ3v) is 9.89. The lowest BCUT2D eigenvalue weighted by Gasteiger charge is -2.40. The molecule has 2 N–H and O–H groups in total. The first kappa shape index (κ1) is 27.8. The maximum Gasteiger partial charge on any atom is 0.256 e. The Balaban J connectivity index is 1.31. The summed E-state index contributed by atoms with van der Waals surface area (Å²) in [6.07, 6.45) is 8.68. The third kappa shape index (κ3) is 6.42. The number of pyridine rings is 1. The predicted molar refractivity (Wildman–Crippen MR) is 147 cm³/mol. The van der Waals surface area contributed by atoms with Crippen LogP contribution in [0.3, 0.4) is 0 Å². The second-order valence-electron chi connectivity index (χ2n) is 10.1. The van der Waals surface area contributed by atoms with E-state index in [9.17, 15) is 18.0 Å². The van der Waals surface area contributed by atoms with E-state index < -0.39 is 21.4 Å². The largest absolute Gasteiger partial charge is 0.360 e. The number of carbonyl (C=O) groups is 1. The monoisotopic (exact) mass is 531 g/mol. The lowest BCUT2D eigenvalue weighted by molar-refractivity contribution is 0.0902. The number of likely N-dealkylation sites (tertiary alicyclic amines) is 2. The number of benzene rings is 1. The van der Waals surface area contributed by atoms with E-state index in [2.05, 4.69) is 20.1 Å². The maximum absolute atomic E-state index is 13.1. The third-order valence-electron chi connectivity index (χ3n) is 7.84. The van der Waals surface area contributed by atoms with E-state index in [-0.39, 0.29) is 15.8 Å². The highest BCUT2D eigenvalue weighted by atomic mass is 32.2. The molecule has 0 saturated carbocycles. The van der Waals surface area contributed by atoms with Gasteiger partial charge in [0.15, 0.2) is 0 Å². The number of aromatic nitrogens is 1. The van der Waals surface area contributed by atoms with Gasteiger partial charge in [0.05, 0.1) is 4.90 Å². The molecule has 0 radical (unpaired) electrons. The van der Waals surface area contributed by atoms with Crippen LogP contribution in [0.1, 0.15) is 62.7 Å². The van der Waals surface area contributed by atoms with E-state index in [0.717, 1.165) is 32.1 Å². The van der Waals surface area contributed by atoms with Gasteiger partial charge in [0, 0.05) is 42.8 Å². The Morgan fingerprint density at radius 2 is 1.78 bits per heavy atom. The second kappa shape index (κ2) is 12.5. The number of piperidine rings is 2. The number of hydrogen-bond donors (Lipinski definition) is 2. The molecule has 1 amide bonds. The Hall–Kier alpha value is -2.27. The highest BCUT2D eigenvalue weighted by Gasteiger charge is 2.26. The van der Waals surface area contributed by atoms with E-state index in [1.54, 1.807) is 19.9 Å². The minimum atomic E-state index is -3.71. The van der Waals surface area contributed by atoms with Gasteiger partial charge in [0.1, 0.15) is 5.56 Å². The van der Waals surface area contributed by atoms with Gasteiger partial charge in [-0.05, 0) is 83.0 Å². The topological polar surface area (TPSA) is 106 Å². The molecule has 0 unspecified atom stereocenters. The molecule has 2 aromatic rings. The number of sulfonamides is 1. The SMILES string of the molecule is CCN(CC)S(=O)(=O)c1ccc2[nH]cc(C(=O)NCCCN3CCC(N4CCCCC4)CC3)c(=O)c2c1. The zero-order valence-electron chi connectivity index (χ0n) is 22.2. The van der Waals surface area contributed by atoms with Gasteiger partial charge in [0.2, 0.25) is 15.5 Å². The fourth-order valence-electron chi connectivity index (χ4n) is 5.63. The normalized spacial score (nSPS) is 18.5. The van der Waals surface area contributed by atoms with Gasteiger partial charge in [-0.3, -0.25) is 9.59 Å². The minimum absolute atomic E-state index is 0.00719. The second-order valence-corrected chi connectivity index (χ2v) is 12.0. The average Bonchev–Trinajstić information content (AvgIpc) is 2.92. The van der Waals surface area contributed by atoms with Crippen molar-refractivity contribution >= 4 is 26.8 Å². The molecule has 3 heterocycles. The Morgan fingerprint density at radius 1 is 1.08 bits per heavy atom. The smallest absolute Gasteiger partial charge is 0.256 e. The first-order chi connectivity index (χ1) is 17.8. The van der Waals surface area contributed by atoms with Crippen LogP contribution in [0.4, 0.5) is 0 Å². The lowest BCUT2D eigenvalue weighted by atomic mass is 10.00. The molecule has 37 heavy (non-hydrogen) atoms. The summed E-state index contributed by atoms with van der Waals surface area (Å²) < 4.78 is 27.1. The number of rotatable bonds is 10. The lowest BCUT2D eigenvalue weighted by Crippen LogP contribution is -2.47. The van der Waals surface area contributed by atoms with Crippen molar-refractivity contribution < 1.29 is 13.2 Å². The summed E-state index contributed by atoms with van der Waals surface area (Å²) in [6, 6.07) is 5.15. The number of nitrogens with one attached hydrogen (secondary N) is 2. The van der Waals surface area contributed by atoms with Crippen molar-refractivity contribution in [3.8, 4) is 0 Å². The quantitative estimate of drug-likeness (QED) is 0.457. The van der Waals surface area contributed by atoms with Crippen LogP contribution < -0.4 is 10.7 Å².